The summed E-state index contributed by atoms with van der Waals surface area (Å²) in [5, 5.41) is 32.6. The summed E-state index contributed by atoms with van der Waals surface area (Å²) in [4.78, 5) is 33.7. The van der Waals surface area contributed by atoms with Gasteiger partial charge in [-0.15, -0.1) is 0 Å². The molecule has 0 saturated carbocycles. The molecule has 172 valence electrons. The van der Waals surface area contributed by atoms with E-state index in [1.54, 1.807) is 0 Å². The normalized spacial score (nSPS) is 12.7. The highest BCUT2D eigenvalue weighted by molar-refractivity contribution is 5.75. The summed E-state index contributed by atoms with van der Waals surface area (Å²) in [6.45, 7) is 1.99. The van der Waals surface area contributed by atoms with E-state index in [1.807, 2.05) is 0 Å². The zero-order valence-electron chi connectivity index (χ0n) is 16.7. The van der Waals surface area contributed by atoms with Gasteiger partial charge in [-0.25, -0.2) is 0 Å². The third kappa shape index (κ3) is 25.5. The summed E-state index contributed by atoms with van der Waals surface area (Å²) in [6, 6.07) is -2.61. The molecule has 0 amide bonds. The first-order valence-corrected chi connectivity index (χ1v) is 9.01. The fraction of sp³-hybridized carbons (Fsp3) is 0.750. The van der Waals surface area contributed by atoms with Crippen molar-refractivity contribution in [2.45, 2.75) is 63.6 Å². The zero-order valence-corrected chi connectivity index (χ0v) is 16.7. The summed E-state index contributed by atoms with van der Waals surface area (Å²) in [5.74, 6) is -3.06. The number of guanidine groups is 1. The molecule has 0 aromatic rings. The largest absolute Gasteiger partial charge is 0.480 e. The summed E-state index contributed by atoms with van der Waals surface area (Å²) < 4.78 is 0. The van der Waals surface area contributed by atoms with Gasteiger partial charge in [-0.3, -0.25) is 19.4 Å². The molecule has 13 nitrogen and oxygen atoms in total. The number of aliphatic carboxylic acids is 3. The van der Waals surface area contributed by atoms with Gasteiger partial charge in [0.1, 0.15) is 18.1 Å². The number of aliphatic imine (C=N–C) groups is 1. The first kappa shape index (κ1) is 31.2. The molecule has 29 heavy (non-hydrogen) atoms. The number of carboxylic acid groups (broad SMARTS) is 3. The van der Waals surface area contributed by atoms with Crippen LogP contribution in [0.5, 0.6) is 0 Å². The third-order valence-electron chi connectivity index (χ3n) is 3.23. The van der Waals surface area contributed by atoms with E-state index in [-0.39, 0.29) is 5.96 Å². The van der Waals surface area contributed by atoms with Gasteiger partial charge in [-0.2, -0.15) is 0 Å². The van der Waals surface area contributed by atoms with Crippen molar-refractivity contribution < 1.29 is 34.8 Å². The number of unbranched alkanes of at least 4 members (excludes halogenated alkanes) is 2. The van der Waals surface area contributed by atoms with Gasteiger partial charge in [0.25, 0.3) is 0 Å². The molecule has 0 bridgehead atoms. The van der Waals surface area contributed by atoms with Gasteiger partial charge in [0.15, 0.2) is 5.96 Å². The van der Waals surface area contributed by atoms with Crippen molar-refractivity contribution in [1.82, 2.24) is 0 Å². The standard InChI is InChI=1S/C7H15NO2.C6H14N4O2.C3H7NO3/c1-2-3-4-5-6(8)7(9)10;7-4(5(11)12)2-1-3-10-6(8)9;4-2(1-5)3(6)7/h6H,2-5,8H2,1H3,(H,9,10);4H,1-3,7H2,(H,11,12)(H4,8,9,10);2,5H,1,4H2,(H,6,7)/t6-;4-;2-/m000/s1. The average Bonchev–Trinajstić information content (AvgIpc) is 2.64. The van der Waals surface area contributed by atoms with Crippen LogP contribution in [0.2, 0.25) is 0 Å². The van der Waals surface area contributed by atoms with Crippen molar-refractivity contribution in [2.75, 3.05) is 13.2 Å². The molecule has 13 heteroatoms. The Bertz CT molecular complexity index is 486. The number of carboxylic acids is 3. The highest BCUT2D eigenvalue weighted by Gasteiger charge is 2.10. The maximum Gasteiger partial charge on any atom is 0.322 e. The van der Waals surface area contributed by atoms with Crippen LogP contribution in [0.4, 0.5) is 0 Å². The molecule has 0 aliphatic rings. The predicted molar refractivity (Wildman–Crippen MR) is 108 cm³/mol. The topological polar surface area (TPSA) is 275 Å². The number of nitrogens with zero attached hydrogens (tertiary/aromatic N) is 1. The lowest BCUT2D eigenvalue weighted by atomic mass is 10.1. The molecule has 0 heterocycles. The van der Waals surface area contributed by atoms with Crippen LogP contribution in [0.3, 0.4) is 0 Å². The predicted octanol–water partition coefficient (Wildman–Crippen LogP) is -2.18. The maximum atomic E-state index is 10.2. The minimum atomic E-state index is -1.18. The van der Waals surface area contributed by atoms with Gasteiger partial charge in [0, 0.05) is 6.54 Å². The quantitative estimate of drug-likeness (QED) is 0.0918. The molecule has 0 saturated heterocycles. The average molecular weight is 424 g/mol. The minimum Gasteiger partial charge on any atom is -0.480 e. The van der Waals surface area contributed by atoms with Crippen molar-refractivity contribution in [1.29, 1.82) is 0 Å². The number of hydrogen-bond donors (Lipinski definition) is 9. The van der Waals surface area contributed by atoms with Crippen LogP contribution in [0.1, 0.15) is 45.4 Å². The lowest BCUT2D eigenvalue weighted by Gasteiger charge is -2.03. The van der Waals surface area contributed by atoms with Gasteiger partial charge >= 0.3 is 17.9 Å². The molecule has 0 spiro atoms. The Labute approximate surface area is 169 Å². The Morgan fingerprint density at radius 1 is 0.793 bits per heavy atom. The molecule has 0 aliphatic carbocycles. The Kier molecular flexibility index (Phi) is 21.8. The molecule has 0 radical (unpaired) electrons. The van der Waals surface area contributed by atoms with E-state index in [2.05, 4.69) is 11.9 Å². The summed E-state index contributed by atoms with van der Waals surface area (Å²) in [5.41, 5.74) is 25.3. The monoisotopic (exact) mass is 424 g/mol. The Balaban J connectivity index is -0.000000362. The number of aliphatic hydroxyl groups excluding tert-OH is 1. The molecule has 14 N–H and O–H groups in total. The summed E-state index contributed by atoms with van der Waals surface area (Å²) in [7, 11) is 0. The minimum absolute atomic E-state index is 0.0129. The fourth-order valence-corrected chi connectivity index (χ4v) is 1.46. The van der Waals surface area contributed by atoms with E-state index < -0.39 is 42.6 Å². The molecule has 0 aromatic carbocycles. The second kappa shape index (κ2) is 20.3. The number of rotatable bonds is 12. The van der Waals surface area contributed by atoms with Crippen LogP contribution >= 0.6 is 0 Å². The molecule has 0 aliphatic heterocycles. The second-order valence-corrected chi connectivity index (χ2v) is 5.96. The van der Waals surface area contributed by atoms with Crippen LogP contribution in [-0.2, 0) is 14.4 Å². The summed E-state index contributed by atoms with van der Waals surface area (Å²) >= 11 is 0. The zero-order chi connectivity index (χ0) is 23.4. The SMILES string of the molecule is CCCCC[C@H](N)C(=O)O.NC(N)=NCCC[C@H](N)C(=O)O.N[C@@H](CO)C(=O)O. The summed E-state index contributed by atoms with van der Waals surface area (Å²) in [6.07, 6.45) is 4.65. The lowest BCUT2D eigenvalue weighted by Crippen LogP contribution is -2.33. The maximum absolute atomic E-state index is 10.2. The molecule has 0 fully saturated rings. The van der Waals surface area contributed by atoms with Crippen LogP contribution in [0, 0.1) is 0 Å². The van der Waals surface area contributed by atoms with E-state index in [0.29, 0.717) is 25.8 Å². The van der Waals surface area contributed by atoms with Crippen LogP contribution in [0.25, 0.3) is 0 Å². The van der Waals surface area contributed by atoms with Crippen LogP contribution < -0.4 is 28.7 Å². The van der Waals surface area contributed by atoms with Gasteiger partial charge in [0.2, 0.25) is 0 Å². The highest BCUT2D eigenvalue weighted by atomic mass is 16.4. The fourth-order valence-electron chi connectivity index (χ4n) is 1.46. The van der Waals surface area contributed by atoms with Crippen molar-refractivity contribution in [3.8, 4) is 0 Å². The van der Waals surface area contributed by atoms with Crippen molar-refractivity contribution >= 4 is 23.9 Å². The van der Waals surface area contributed by atoms with Crippen molar-refractivity contribution in [3.63, 3.8) is 0 Å². The number of nitrogens with two attached hydrogens (primary N) is 5. The number of carbonyl (C=O) groups is 3. The number of hydrogen-bond acceptors (Lipinski definition) is 8. The highest BCUT2D eigenvalue weighted by Crippen LogP contribution is 2.01. The number of aliphatic hydroxyl groups is 1. The Hall–Kier alpha value is -2.48. The van der Waals surface area contributed by atoms with E-state index in [0.717, 1.165) is 19.3 Å². The van der Waals surface area contributed by atoms with Crippen molar-refractivity contribution in [3.05, 3.63) is 0 Å². The third-order valence-corrected chi connectivity index (χ3v) is 3.23. The van der Waals surface area contributed by atoms with Gasteiger partial charge in [-0.1, -0.05) is 26.2 Å². The first-order valence-electron chi connectivity index (χ1n) is 9.01. The van der Waals surface area contributed by atoms with Crippen LogP contribution in [0.15, 0.2) is 4.99 Å². The Morgan fingerprint density at radius 3 is 1.48 bits per heavy atom. The molecule has 0 aromatic heterocycles. The molecular weight excluding hydrogens is 388 g/mol. The molecule has 0 unspecified atom stereocenters. The van der Waals surface area contributed by atoms with Gasteiger partial charge in [-0.05, 0) is 19.3 Å². The van der Waals surface area contributed by atoms with Crippen LogP contribution in [-0.4, -0.2) is 75.6 Å². The van der Waals surface area contributed by atoms with Gasteiger partial charge < -0.3 is 49.1 Å². The van der Waals surface area contributed by atoms with Crippen molar-refractivity contribution in [2.24, 2.45) is 33.7 Å². The van der Waals surface area contributed by atoms with Gasteiger partial charge in [0.05, 0.1) is 6.61 Å². The second-order valence-electron chi connectivity index (χ2n) is 5.96. The molecular formula is C16H36N6O7. The molecule has 0 rings (SSSR count). The van der Waals surface area contributed by atoms with E-state index in [9.17, 15) is 14.4 Å². The Morgan fingerprint density at radius 2 is 1.21 bits per heavy atom. The molecule has 3 atom stereocenters. The smallest absolute Gasteiger partial charge is 0.322 e. The van der Waals surface area contributed by atoms with E-state index in [4.69, 9.17) is 49.1 Å². The van der Waals surface area contributed by atoms with E-state index >= 15 is 0 Å². The lowest BCUT2D eigenvalue weighted by molar-refractivity contribution is -0.140. The first-order chi connectivity index (χ1) is 13.4. The van der Waals surface area contributed by atoms with E-state index in [1.165, 1.54) is 0 Å².